The third-order valence-corrected chi connectivity index (χ3v) is 4.24. The summed E-state index contributed by atoms with van der Waals surface area (Å²) in [5, 5.41) is 45.1. The maximum atomic E-state index is 9.95. The second kappa shape index (κ2) is 8.89. The first-order chi connectivity index (χ1) is 12.5. The lowest BCUT2D eigenvalue weighted by Crippen LogP contribution is -2.05. The second-order valence-electron chi connectivity index (χ2n) is 6.34. The number of hydrogen-bond acceptors (Lipinski definition) is 6. The van der Waals surface area contributed by atoms with E-state index in [9.17, 15) is 20.6 Å². The van der Waals surface area contributed by atoms with Crippen molar-refractivity contribution in [1.29, 1.82) is 0 Å². The molecule has 0 radical (unpaired) electrons. The molecule has 4 N–H and O–H groups in total. The normalized spacial score (nSPS) is 12.4. The molecule has 0 aliphatic carbocycles. The number of oxime groups is 2. The number of unbranched alkanes of at least 4 members (excludes halogenated alkanes) is 1. The number of nitrogens with zero attached hydrogens (tertiary/aromatic N) is 2. The Morgan fingerprint density at radius 1 is 0.731 bits per heavy atom. The van der Waals surface area contributed by atoms with Crippen molar-refractivity contribution in [1.82, 2.24) is 0 Å². The van der Waals surface area contributed by atoms with Gasteiger partial charge >= 0.3 is 0 Å². The van der Waals surface area contributed by atoms with Crippen molar-refractivity contribution in [2.45, 2.75) is 39.5 Å². The van der Waals surface area contributed by atoms with Gasteiger partial charge in [-0.1, -0.05) is 33.6 Å². The van der Waals surface area contributed by atoms with E-state index >= 15 is 0 Å². The summed E-state index contributed by atoms with van der Waals surface area (Å²) in [6.45, 7) is 3.80. The lowest BCUT2D eigenvalue weighted by molar-refractivity contribution is 0.316. The molecule has 0 atom stereocenters. The standard InChI is InChI=1S/C20H24N2O4/c1-13-7-9-19(23)15(11-13)17(21-25)5-3-4-6-18(22-26)16-12-14(2)8-10-20(16)24/h7-12,23-26H,3-6H2,1-2H3/b21-17-,22-18+. The van der Waals surface area contributed by atoms with Crippen molar-refractivity contribution in [2.24, 2.45) is 10.3 Å². The van der Waals surface area contributed by atoms with Crippen LogP contribution >= 0.6 is 0 Å². The molecule has 0 saturated heterocycles. The van der Waals surface area contributed by atoms with Crippen LogP contribution in [0.1, 0.15) is 47.9 Å². The van der Waals surface area contributed by atoms with Gasteiger partial charge in [0.25, 0.3) is 0 Å². The number of phenolic OH excluding ortho intramolecular Hbond substituents is 2. The van der Waals surface area contributed by atoms with E-state index in [1.165, 1.54) is 0 Å². The Balaban J connectivity index is 1.98. The van der Waals surface area contributed by atoms with Gasteiger partial charge in [-0.05, 0) is 63.8 Å². The first-order valence-corrected chi connectivity index (χ1v) is 8.48. The Bertz CT molecular complexity index is 759. The van der Waals surface area contributed by atoms with Crippen LogP contribution in [0.3, 0.4) is 0 Å². The Hall–Kier alpha value is -3.02. The molecule has 2 aromatic carbocycles. The van der Waals surface area contributed by atoms with Crippen LogP contribution in [-0.4, -0.2) is 32.1 Å². The largest absolute Gasteiger partial charge is 0.507 e. The van der Waals surface area contributed by atoms with E-state index in [2.05, 4.69) is 10.3 Å². The van der Waals surface area contributed by atoms with Crippen LogP contribution in [0.2, 0.25) is 0 Å². The van der Waals surface area contributed by atoms with Gasteiger partial charge in [-0.3, -0.25) is 0 Å². The molecule has 0 bridgehead atoms. The molecule has 0 fully saturated rings. The summed E-state index contributed by atoms with van der Waals surface area (Å²) in [6, 6.07) is 10.3. The summed E-state index contributed by atoms with van der Waals surface area (Å²) in [5.74, 6) is 0.149. The number of hydrogen-bond donors (Lipinski definition) is 4. The smallest absolute Gasteiger partial charge is 0.124 e. The molecule has 2 rings (SSSR count). The van der Waals surface area contributed by atoms with Gasteiger partial charge in [0.05, 0.1) is 11.4 Å². The number of rotatable bonds is 7. The molecule has 0 saturated carbocycles. The van der Waals surface area contributed by atoms with Gasteiger partial charge < -0.3 is 20.6 Å². The minimum atomic E-state index is 0.0747. The Morgan fingerprint density at radius 3 is 1.46 bits per heavy atom. The van der Waals surface area contributed by atoms with Crippen molar-refractivity contribution in [3.05, 3.63) is 58.7 Å². The third-order valence-electron chi connectivity index (χ3n) is 4.24. The monoisotopic (exact) mass is 356 g/mol. The van der Waals surface area contributed by atoms with E-state index < -0.39 is 0 Å². The minimum Gasteiger partial charge on any atom is -0.507 e. The molecule has 2 aromatic rings. The van der Waals surface area contributed by atoms with Crippen LogP contribution < -0.4 is 0 Å². The molecule has 0 aromatic heterocycles. The van der Waals surface area contributed by atoms with E-state index in [0.717, 1.165) is 11.1 Å². The van der Waals surface area contributed by atoms with E-state index in [0.29, 0.717) is 48.2 Å². The van der Waals surface area contributed by atoms with E-state index in [1.807, 2.05) is 13.8 Å². The molecule has 0 unspecified atom stereocenters. The fraction of sp³-hybridized carbons (Fsp3) is 0.300. The quantitative estimate of drug-likeness (QED) is 0.256. The SMILES string of the molecule is Cc1ccc(O)c(/C(CCCC/C(=N\O)c2cc(C)ccc2O)=N\O)c1. The molecule has 0 heterocycles. The number of benzene rings is 2. The molecular formula is C20H24N2O4. The first-order valence-electron chi connectivity index (χ1n) is 8.48. The summed E-state index contributed by atoms with van der Waals surface area (Å²) >= 11 is 0. The summed E-state index contributed by atoms with van der Waals surface area (Å²) in [6.07, 6.45) is 2.26. The van der Waals surface area contributed by atoms with Crippen molar-refractivity contribution in [3.63, 3.8) is 0 Å². The molecule has 6 heteroatoms. The zero-order valence-electron chi connectivity index (χ0n) is 15.0. The van der Waals surface area contributed by atoms with Crippen LogP contribution in [-0.2, 0) is 0 Å². The predicted molar refractivity (Wildman–Crippen MR) is 101 cm³/mol. The van der Waals surface area contributed by atoms with Gasteiger partial charge in [-0.25, -0.2) is 0 Å². The van der Waals surface area contributed by atoms with Gasteiger partial charge in [-0.2, -0.15) is 0 Å². The lowest BCUT2D eigenvalue weighted by atomic mass is 9.98. The summed E-state index contributed by atoms with van der Waals surface area (Å²) in [5.41, 5.74) is 3.77. The zero-order valence-corrected chi connectivity index (χ0v) is 15.0. The highest BCUT2D eigenvalue weighted by Crippen LogP contribution is 2.24. The molecule has 0 aliphatic heterocycles. The fourth-order valence-electron chi connectivity index (χ4n) is 2.82. The highest BCUT2D eigenvalue weighted by atomic mass is 16.4. The number of aromatic hydroxyl groups is 2. The highest BCUT2D eigenvalue weighted by Gasteiger charge is 2.13. The molecule has 26 heavy (non-hydrogen) atoms. The van der Waals surface area contributed by atoms with Crippen molar-refractivity contribution in [2.75, 3.05) is 0 Å². The third kappa shape index (κ3) is 4.75. The van der Waals surface area contributed by atoms with Gasteiger partial charge in [0.15, 0.2) is 0 Å². The molecule has 138 valence electrons. The summed E-state index contributed by atoms with van der Waals surface area (Å²) < 4.78 is 0. The van der Waals surface area contributed by atoms with Crippen LogP contribution in [0.4, 0.5) is 0 Å². The molecular weight excluding hydrogens is 332 g/mol. The molecule has 6 nitrogen and oxygen atoms in total. The van der Waals surface area contributed by atoms with Crippen LogP contribution in [0, 0.1) is 13.8 Å². The molecule has 0 amide bonds. The van der Waals surface area contributed by atoms with Crippen molar-refractivity contribution in [3.8, 4) is 11.5 Å². The predicted octanol–water partition coefficient (Wildman–Crippen LogP) is 4.33. The van der Waals surface area contributed by atoms with Crippen LogP contribution in [0.25, 0.3) is 0 Å². The summed E-state index contributed by atoms with van der Waals surface area (Å²) in [7, 11) is 0. The number of phenols is 2. The van der Waals surface area contributed by atoms with Gasteiger partial charge in [0.1, 0.15) is 11.5 Å². The molecule has 0 aliphatic rings. The van der Waals surface area contributed by atoms with Crippen molar-refractivity contribution >= 4 is 11.4 Å². The van der Waals surface area contributed by atoms with Gasteiger partial charge in [0.2, 0.25) is 0 Å². The average Bonchev–Trinajstić information content (AvgIpc) is 2.63. The van der Waals surface area contributed by atoms with Crippen molar-refractivity contribution < 1.29 is 20.6 Å². The highest BCUT2D eigenvalue weighted by molar-refractivity contribution is 6.03. The zero-order chi connectivity index (χ0) is 19.1. The van der Waals surface area contributed by atoms with Gasteiger partial charge in [-0.15, -0.1) is 0 Å². The van der Waals surface area contributed by atoms with E-state index in [4.69, 9.17) is 0 Å². The number of aryl methyl sites for hydroxylation is 2. The maximum Gasteiger partial charge on any atom is 0.124 e. The van der Waals surface area contributed by atoms with E-state index in [1.54, 1.807) is 36.4 Å². The average molecular weight is 356 g/mol. The summed E-state index contributed by atoms with van der Waals surface area (Å²) in [4.78, 5) is 0. The second-order valence-corrected chi connectivity index (χ2v) is 6.34. The topological polar surface area (TPSA) is 106 Å². The maximum absolute atomic E-state index is 9.95. The molecule has 0 spiro atoms. The minimum absolute atomic E-state index is 0.0747. The van der Waals surface area contributed by atoms with Crippen LogP contribution in [0.5, 0.6) is 11.5 Å². The van der Waals surface area contributed by atoms with Gasteiger partial charge in [0, 0.05) is 11.1 Å². The van der Waals surface area contributed by atoms with Crippen LogP contribution in [0.15, 0.2) is 46.7 Å². The Labute approximate surface area is 152 Å². The Morgan fingerprint density at radius 2 is 1.12 bits per heavy atom. The lowest BCUT2D eigenvalue weighted by Gasteiger charge is -2.10. The first kappa shape index (κ1) is 19.3. The Kier molecular flexibility index (Phi) is 6.60. The van der Waals surface area contributed by atoms with E-state index in [-0.39, 0.29) is 11.5 Å². The fourth-order valence-corrected chi connectivity index (χ4v) is 2.82.